The maximum absolute atomic E-state index is 12.4. The van der Waals surface area contributed by atoms with Crippen molar-refractivity contribution in [1.82, 2.24) is 9.71 Å². The van der Waals surface area contributed by atoms with Gasteiger partial charge in [-0.25, -0.2) is 18.1 Å². The monoisotopic (exact) mass is 346 g/mol. The molecule has 0 aliphatic carbocycles. The Morgan fingerprint density at radius 2 is 1.92 bits per heavy atom. The number of nitrogens with zero attached hydrogens (tertiary/aromatic N) is 1. The molecule has 1 aromatic heterocycles. The Balaban J connectivity index is 1.67. The van der Waals surface area contributed by atoms with Crippen molar-refractivity contribution in [3.63, 3.8) is 0 Å². The second kappa shape index (κ2) is 6.62. The van der Waals surface area contributed by atoms with Crippen molar-refractivity contribution in [2.45, 2.75) is 18.2 Å². The number of ether oxygens (including phenoxy) is 1. The Kier molecular flexibility index (Phi) is 4.55. The number of rotatable bonds is 6. The molecule has 3 aromatic rings. The molecule has 0 fully saturated rings. The SMILES string of the molecule is COc1ccc(CCNS(=O)(=O)c2ccc3oc(C)nc3c2)cc1. The molecule has 0 saturated heterocycles. The lowest BCUT2D eigenvalue weighted by Crippen LogP contribution is -2.26. The van der Waals surface area contributed by atoms with E-state index in [2.05, 4.69) is 9.71 Å². The fourth-order valence-corrected chi connectivity index (χ4v) is 3.45. The number of hydrogen-bond donors (Lipinski definition) is 1. The van der Waals surface area contributed by atoms with Crippen LogP contribution < -0.4 is 9.46 Å². The molecule has 2 aromatic carbocycles. The van der Waals surface area contributed by atoms with Gasteiger partial charge in [-0.15, -0.1) is 0 Å². The van der Waals surface area contributed by atoms with Crippen LogP contribution in [0.1, 0.15) is 11.5 Å². The Morgan fingerprint density at radius 1 is 1.17 bits per heavy atom. The molecule has 7 heteroatoms. The first-order valence-electron chi connectivity index (χ1n) is 7.48. The molecule has 1 heterocycles. The van der Waals surface area contributed by atoms with Crippen molar-refractivity contribution in [1.29, 1.82) is 0 Å². The van der Waals surface area contributed by atoms with Crippen LogP contribution in [0.3, 0.4) is 0 Å². The molecule has 0 saturated carbocycles. The van der Waals surface area contributed by atoms with Crippen LogP contribution in [0, 0.1) is 6.92 Å². The zero-order valence-electron chi connectivity index (χ0n) is 13.4. The number of fused-ring (bicyclic) bond motifs is 1. The van der Waals surface area contributed by atoms with Crippen LogP contribution >= 0.6 is 0 Å². The fraction of sp³-hybridized carbons (Fsp3) is 0.235. The van der Waals surface area contributed by atoms with Gasteiger partial charge < -0.3 is 9.15 Å². The lowest BCUT2D eigenvalue weighted by Gasteiger charge is -2.07. The van der Waals surface area contributed by atoms with Gasteiger partial charge in [-0.2, -0.15) is 0 Å². The minimum atomic E-state index is -3.58. The van der Waals surface area contributed by atoms with Gasteiger partial charge in [-0.1, -0.05) is 12.1 Å². The standard InChI is InChI=1S/C17H18N2O4S/c1-12-19-16-11-15(7-8-17(16)23-12)24(20,21)18-10-9-13-3-5-14(22-2)6-4-13/h3-8,11,18H,9-10H2,1-2H3. The molecule has 0 aliphatic heterocycles. The molecule has 3 rings (SSSR count). The largest absolute Gasteiger partial charge is 0.497 e. The molecular weight excluding hydrogens is 328 g/mol. The lowest BCUT2D eigenvalue weighted by molar-refractivity contribution is 0.414. The molecule has 0 atom stereocenters. The summed E-state index contributed by atoms with van der Waals surface area (Å²) in [5.74, 6) is 1.28. The van der Waals surface area contributed by atoms with Crippen molar-refractivity contribution in [2.75, 3.05) is 13.7 Å². The van der Waals surface area contributed by atoms with Crippen molar-refractivity contribution in [2.24, 2.45) is 0 Å². The van der Waals surface area contributed by atoms with Crippen LogP contribution in [0.4, 0.5) is 0 Å². The van der Waals surface area contributed by atoms with E-state index in [-0.39, 0.29) is 4.90 Å². The predicted molar refractivity (Wildman–Crippen MR) is 90.6 cm³/mol. The number of benzene rings is 2. The number of oxazole rings is 1. The second-order valence-electron chi connectivity index (χ2n) is 5.36. The quantitative estimate of drug-likeness (QED) is 0.742. The average molecular weight is 346 g/mol. The molecule has 0 unspecified atom stereocenters. The summed E-state index contributed by atoms with van der Waals surface area (Å²) in [7, 11) is -1.97. The molecule has 0 aliphatic rings. The van der Waals surface area contributed by atoms with Crippen LogP contribution in [0.2, 0.25) is 0 Å². The van der Waals surface area contributed by atoms with Gasteiger partial charge in [-0.05, 0) is 42.3 Å². The van der Waals surface area contributed by atoms with Gasteiger partial charge in [0, 0.05) is 13.5 Å². The summed E-state index contributed by atoms with van der Waals surface area (Å²) in [5, 5.41) is 0. The van der Waals surface area contributed by atoms with E-state index in [4.69, 9.17) is 9.15 Å². The molecule has 1 N–H and O–H groups in total. The highest BCUT2D eigenvalue weighted by Gasteiger charge is 2.15. The highest BCUT2D eigenvalue weighted by atomic mass is 32.2. The van der Waals surface area contributed by atoms with E-state index in [1.165, 1.54) is 12.1 Å². The van der Waals surface area contributed by atoms with Crippen molar-refractivity contribution < 1.29 is 17.6 Å². The van der Waals surface area contributed by atoms with Gasteiger partial charge in [-0.3, -0.25) is 0 Å². The number of hydrogen-bond acceptors (Lipinski definition) is 5. The number of sulfonamides is 1. The minimum Gasteiger partial charge on any atom is -0.497 e. The van der Waals surface area contributed by atoms with Crippen LogP contribution in [-0.4, -0.2) is 27.1 Å². The molecular formula is C17H18N2O4S. The maximum Gasteiger partial charge on any atom is 0.240 e. The van der Waals surface area contributed by atoms with Crippen molar-refractivity contribution >= 4 is 21.1 Å². The molecule has 0 radical (unpaired) electrons. The topological polar surface area (TPSA) is 81.4 Å². The van der Waals surface area contributed by atoms with Crippen LogP contribution in [-0.2, 0) is 16.4 Å². The molecule has 6 nitrogen and oxygen atoms in total. The molecule has 0 bridgehead atoms. The molecule has 0 amide bonds. The van der Waals surface area contributed by atoms with Crippen LogP contribution in [0.5, 0.6) is 5.75 Å². The van der Waals surface area contributed by atoms with Gasteiger partial charge in [0.15, 0.2) is 11.5 Å². The molecule has 24 heavy (non-hydrogen) atoms. The van der Waals surface area contributed by atoms with E-state index in [0.717, 1.165) is 11.3 Å². The zero-order chi connectivity index (χ0) is 17.2. The highest BCUT2D eigenvalue weighted by molar-refractivity contribution is 7.89. The third kappa shape index (κ3) is 3.58. The smallest absolute Gasteiger partial charge is 0.240 e. The fourth-order valence-electron chi connectivity index (χ4n) is 2.39. The van der Waals surface area contributed by atoms with Crippen molar-refractivity contribution in [3.8, 4) is 5.75 Å². The Hall–Kier alpha value is -2.38. The van der Waals surface area contributed by atoms with Gasteiger partial charge in [0.2, 0.25) is 10.0 Å². The first-order chi connectivity index (χ1) is 11.5. The first kappa shape index (κ1) is 16.5. The third-order valence-corrected chi connectivity index (χ3v) is 5.10. The van der Waals surface area contributed by atoms with E-state index in [1.54, 1.807) is 20.1 Å². The van der Waals surface area contributed by atoms with Crippen LogP contribution in [0.25, 0.3) is 11.1 Å². The normalized spacial score (nSPS) is 11.8. The average Bonchev–Trinajstić information content (AvgIpc) is 2.94. The summed E-state index contributed by atoms with van der Waals surface area (Å²) >= 11 is 0. The second-order valence-corrected chi connectivity index (χ2v) is 7.13. The summed E-state index contributed by atoms with van der Waals surface area (Å²) in [4.78, 5) is 4.34. The lowest BCUT2D eigenvalue weighted by atomic mass is 10.1. The Bertz CT molecular complexity index is 946. The van der Waals surface area contributed by atoms with E-state index in [1.807, 2.05) is 24.3 Å². The molecule has 126 valence electrons. The Morgan fingerprint density at radius 3 is 2.62 bits per heavy atom. The van der Waals surface area contributed by atoms with Gasteiger partial charge in [0.05, 0.1) is 12.0 Å². The molecule has 0 spiro atoms. The number of methoxy groups -OCH3 is 1. The Labute approximate surface area is 140 Å². The van der Waals surface area contributed by atoms with Gasteiger partial charge in [0.25, 0.3) is 0 Å². The van der Waals surface area contributed by atoms with E-state index < -0.39 is 10.0 Å². The maximum atomic E-state index is 12.4. The number of aryl methyl sites for hydroxylation is 1. The van der Waals surface area contributed by atoms with E-state index >= 15 is 0 Å². The van der Waals surface area contributed by atoms with Crippen LogP contribution in [0.15, 0.2) is 51.8 Å². The van der Waals surface area contributed by atoms with Crippen molar-refractivity contribution in [3.05, 3.63) is 53.9 Å². The summed E-state index contributed by atoms with van der Waals surface area (Å²) in [6.07, 6.45) is 0.592. The minimum absolute atomic E-state index is 0.179. The predicted octanol–water partition coefficient (Wildman–Crippen LogP) is 2.67. The van der Waals surface area contributed by atoms with Gasteiger partial charge in [0.1, 0.15) is 11.3 Å². The van der Waals surface area contributed by atoms with Gasteiger partial charge >= 0.3 is 0 Å². The zero-order valence-corrected chi connectivity index (χ0v) is 14.3. The summed E-state index contributed by atoms with van der Waals surface area (Å²) in [5.41, 5.74) is 2.14. The summed E-state index contributed by atoms with van der Waals surface area (Å²) in [6.45, 7) is 2.03. The third-order valence-electron chi connectivity index (χ3n) is 3.64. The summed E-state index contributed by atoms with van der Waals surface area (Å²) in [6, 6.07) is 12.2. The van der Waals surface area contributed by atoms with E-state index in [0.29, 0.717) is 30.0 Å². The van der Waals surface area contributed by atoms with E-state index in [9.17, 15) is 8.42 Å². The summed E-state index contributed by atoms with van der Waals surface area (Å²) < 4.78 is 37.8. The number of nitrogens with one attached hydrogen (secondary N) is 1. The first-order valence-corrected chi connectivity index (χ1v) is 8.96. The number of aromatic nitrogens is 1. The highest BCUT2D eigenvalue weighted by Crippen LogP contribution is 2.19.